The summed E-state index contributed by atoms with van der Waals surface area (Å²) in [5, 5.41) is 3.36. The molecule has 0 saturated heterocycles. The Morgan fingerprint density at radius 2 is 2.06 bits per heavy atom. The van der Waals surface area contributed by atoms with Crippen LogP contribution in [-0.2, 0) is 9.84 Å². The molecule has 2 unspecified atom stereocenters. The van der Waals surface area contributed by atoms with E-state index < -0.39 is 9.84 Å². The van der Waals surface area contributed by atoms with Gasteiger partial charge in [0.2, 0.25) is 0 Å². The van der Waals surface area contributed by atoms with Gasteiger partial charge in [0.25, 0.3) is 0 Å². The van der Waals surface area contributed by atoms with Crippen molar-refractivity contribution >= 4 is 9.84 Å². The summed E-state index contributed by atoms with van der Waals surface area (Å²) in [6, 6.07) is 7.47. The first-order valence-corrected chi connectivity index (χ1v) is 7.26. The standard InChI is InChI=1S/C12H17NO2S/c1-3-13-12-9(2)8-16(14,15)11-7-5-4-6-10(11)12/h4-7,9,12-13H,3,8H2,1-2H3. The van der Waals surface area contributed by atoms with Crippen LogP contribution in [0.25, 0.3) is 0 Å². The zero-order valence-corrected chi connectivity index (χ0v) is 10.4. The number of hydrogen-bond donors (Lipinski definition) is 1. The smallest absolute Gasteiger partial charge is 0.179 e. The molecule has 0 spiro atoms. The molecule has 0 radical (unpaired) electrons. The van der Waals surface area contributed by atoms with Gasteiger partial charge in [0.05, 0.1) is 10.6 Å². The van der Waals surface area contributed by atoms with Crippen molar-refractivity contribution < 1.29 is 8.42 Å². The lowest BCUT2D eigenvalue weighted by atomic mass is 9.95. The predicted octanol–water partition coefficient (Wildman–Crippen LogP) is 1.76. The van der Waals surface area contributed by atoms with Crippen molar-refractivity contribution in [3.05, 3.63) is 29.8 Å². The zero-order valence-electron chi connectivity index (χ0n) is 9.60. The summed E-state index contributed by atoms with van der Waals surface area (Å²) in [7, 11) is -3.08. The van der Waals surface area contributed by atoms with Crippen molar-refractivity contribution in [3.63, 3.8) is 0 Å². The third-order valence-electron chi connectivity index (χ3n) is 3.06. The molecule has 0 aliphatic carbocycles. The Hall–Kier alpha value is -0.870. The molecular formula is C12H17NO2S. The molecule has 88 valence electrons. The van der Waals surface area contributed by atoms with Crippen LogP contribution < -0.4 is 5.32 Å². The van der Waals surface area contributed by atoms with Gasteiger partial charge in [-0.1, -0.05) is 32.0 Å². The lowest BCUT2D eigenvalue weighted by Gasteiger charge is -2.31. The average molecular weight is 239 g/mol. The van der Waals surface area contributed by atoms with Crippen LogP contribution in [0.1, 0.15) is 25.5 Å². The molecule has 0 aromatic heterocycles. The highest BCUT2D eigenvalue weighted by atomic mass is 32.2. The molecule has 16 heavy (non-hydrogen) atoms. The molecule has 1 aliphatic heterocycles. The molecule has 0 fully saturated rings. The van der Waals surface area contributed by atoms with Gasteiger partial charge in [-0.05, 0) is 24.1 Å². The molecular weight excluding hydrogens is 222 g/mol. The fourth-order valence-electron chi connectivity index (χ4n) is 2.39. The van der Waals surface area contributed by atoms with E-state index in [1.165, 1.54) is 0 Å². The topological polar surface area (TPSA) is 46.2 Å². The van der Waals surface area contributed by atoms with Gasteiger partial charge in [-0.15, -0.1) is 0 Å². The Labute approximate surface area is 96.8 Å². The van der Waals surface area contributed by atoms with E-state index in [2.05, 4.69) is 5.32 Å². The van der Waals surface area contributed by atoms with Gasteiger partial charge in [-0.2, -0.15) is 0 Å². The van der Waals surface area contributed by atoms with E-state index in [1.807, 2.05) is 26.0 Å². The van der Waals surface area contributed by atoms with Crippen molar-refractivity contribution in [1.29, 1.82) is 0 Å². The van der Waals surface area contributed by atoms with E-state index in [0.29, 0.717) is 4.90 Å². The summed E-state index contributed by atoms with van der Waals surface area (Å²) in [6.07, 6.45) is 0. The average Bonchev–Trinajstić information content (AvgIpc) is 2.24. The fraction of sp³-hybridized carbons (Fsp3) is 0.500. The number of sulfone groups is 1. The van der Waals surface area contributed by atoms with Gasteiger partial charge in [0.15, 0.2) is 9.84 Å². The maximum Gasteiger partial charge on any atom is 0.179 e. The molecule has 2 atom stereocenters. The van der Waals surface area contributed by atoms with E-state index in [1.54, 1.807) is 12.1 Å². The third kappa shape index (κ3) is 1.87. The predicted molar refractivity (Wildman–Crippen MR) is 64.1 cm³/mol. The quantitative estimate of drug-likeness (QED) is 0.855. The van der Waals surface area contributed by atoms with Gasteiger partial charge in [-0.3, -0.25) is 0 Å². The summed E-state index contributed by atoms with van der Waals surface area (Å²) in [5.41, 5.74) is 0.920. The van der Waals surface area contributed by atoms with Crippen LogP contribution >= 0.6 is 0 Å². The van der Waals surface area contributed by atoms with Crippen molar-refractivity contribution in [2.75, 3.05) is 12.3 Å². The maximum atomic E-state index is 12.0. The van der Waals surface area contributed by atoms with Gasteiger partial charge < -0.3 is 5.32 Å². The highest BCUT2D eigenvalue weighted by Crippen LogP contribution is 2.35. The zero-order chi connectivity index (χ0) is 11.8. The molecule has 0 amide bonds. The molecule has 1 heterocycles. The third-order valence-corrected chi connectivity index (χ3v) is 5.07. The largest absolute Gasteiger partial charge is 0.310 e. The summed E-state index contributed by atoms with van der Waals surface area (Å²) in [4.78, 5) is 0.499. The molecule has 3 nitrogen and oxygen atoms in total. The second kappa shape index (κ2) is 4.18. The number of rotatable bonds is 2. The summed E-state index contributed by atoms with van der Waals surface area (Å²) < 4.78 is 24.0. The summed E-state index contributed by atoms with van der Waals surface area (Å²) >= 11 is 0. The molecule has 1 aromatic carbocycles. The first-order chi connectivity index (χ1) is 7.56. The van der Waals surface area contributed by atoms with Gasteiger partial charge in [0, 0.05) is 6.04 Å². The first-order valence-electron chi connectivity index (χ1n) is 5.61. The highest BCUT2D eigenvalue weighted by molar-refractivity contribution is 7.91. The van der Waals surface area contributed by atoms with Crippen molar-refractivity contribution in [1.82, 2.24) is 5.32 Å². The molecule has 0 bridgehead atoms. The second-order valence-corrected chi connectivity index (χ2v) is 6.33. The van der Waals surface area contributed by atoms with E-state index >= 15 is 0 Å². The van der Waals surface area contributed by atoms with E-state index in [4.69, 9.17) is 0 Å². The molecule has 1 aromatic rings. The Bertz CT molecular complexity index is 482. The van der Waals surface area contributed by atoms with Crippen LogP contribution in [0.5, 0.6) is 0 Å². The number of benzene rings is 1. The van der Waals surface area contributed by atoms with Crippen LogP contribution in [-0.4, -0.2) is 20.7 Å². The van der Waals surface area contributed by atoms with E-state index in [9.17, 15) is 8.42 Å². The van der Waals surface area contributed by atoms with Crippen molar-refractivity contribution in [2.24, 2.45) is 5.92 Å². The van der Waals surface area contributed by atoms with Crippen LogP contribution in [0.4, 0.5) is 0 Å². The molecule has 1 aliphatic rings. The number of hydrogen-bond acceptors (Lipinski definition) is 3. The summed E-state index contributed by atoms with van der Waals surface area (Å²) in [6.45, 7) is 4.88. The molecule has 1 N–H and O–H groups in total. The van der Waals surface area contributed by atoms with E-state index in [-0.39, 0.29) is 17.7 Å². The van der Waals surface area contributed by atoms with Gasteiger partial charge in [0.1, 0.15) is 0 Å². The Balaban J connectivity index is 2.55. The Kier molecular flexibility index (Phi) is 3.04. The van der Waals surface area contributed by atoms with Crippen LogP contribution in [0, 0.1) is 5.92 Å². The minimum absolute atomic E-state index is 0.125. The lowest BCUT2D eigenvalue weighted by Crippen LogP contribution is -2.36. The maximum absolute atomic E-state index is 12.0. The van der Waals surface area contributed by atoms with E-state index in [0.717, 1.165) is 12.1 Å². The van der Waals surface area contributed by atoms with Gasteiger partial charge in [-0.25, -0.2) is 8.42 Å². The second-order valence-electron chi connectivity index (χ2n) is 4.33. The Morgan fingerprint density at radius 3 is 2.75 bits per heavy atom. The van der Waals surface area contributed by atoms with Crippen LogP contribution in [0.15, 0.2) is 29.2 Å². The molecule has 4 heteroatoms. The monoisotopic (exact) mass is 239 g/mol. The normalized spacial score (nSPS) is 27.4. The van der Waals surface area contributed by atoms with Crippen LogP contribution in [0.2, 0.25) is 0 Å². The number of fused-ring (bicyclic) bond motifs is 1. The molecule has 0 saturated carbocycles. The Morgan fingerprint density at radius 1 is 1.38 bits per heavy atom. The lowest BCUT2D eigenvalue weighted by molar-refractivity contribution is 0.403. The molecule has 2 rings (SSSR count). The summed E-state index contributed by atoms with van der Waals surface area (Å²) in [5.74, 6) is 0.363. The minimum Gasteiger partial charge on any atom is -0.310 e. The SMILES string of the molecule is CCNC1c2ccccc2S(=O)(=O)CC1C. The van der Waals surface area contributed by atoms with Crippen molar-refractivity contribution in [3.8, 4) is 0 Å². The number of nitrogens with one attached hydrogen (secondary N) is 1. The van der Waals surface area contributed by atoms with Crippen LogP contribution in [0.3, 0.4) is 0 Å². The fourth-order valence-corrected chi connectivity index (χ4v) is 4.29. The minimum atomic E-state index is -3.08. The van der Waals surface area contributed by atoms with Crippen molar-refractivity contribution in [2.45, 2.75) is 24.8 Å². The first kappa shape index (κ1) is 11.6. The highest BCUT2D eigenvalue weighted by Gasteiger charge is 2.34. The van der Waals surface area contributed by atoms with Gasteiger partial charge >= 0.3 is 0 Å².